The number of hydrogen-bond acceptors (Lipinski definition) is 5. The zero-order valence-electron chi connectivity index (χ0n) is 11.8. The molecule has 0 N–H and O–H groups in total. The van der Waals surface area contributed by atoms with Gasteiger partial charge in [-0.05, 0) is 32.6 Å². The van der Waals surface area contributed by atoms with Crippen molar-refractivity contribution in [1.82, 2.24) is 14.8 Å². The molecular formula is C14H21N3O2. The quantitative estimate of drug-likeness (QED) is 0.759. The first kappa shape index (κ1) is 14.0. The Hall–Kier alpha value is -1.46. The Balaban J connectivity index is 1.92. The van der Waals surface area contributed by atoms with Gasteiger partial charge in [0.15, 0.2) is 0 Å². The molecule has 0 spiro atoms. The lowest BCUT2D eigenvalue weighted by atomic mass is 10.2. The summed E-state index contributed by atoms with van der Waals surface area (Å²) in [7, 11) is 5.62. The minimum Gasteiger partial charge on any atom is -0.465 e. The van der Waals surface area contributed by atoms with Crippen LogP contribution in [0.4, 0.5) is 0 Å². The minimum absolute atomic E-state index is 0.340. The molecule has 0 aliphatic carbocycles. The number of likely N-dealkylation sites (N-methyl/N-ethyl adjacent to an activating group) is 1. The van der Waals surface area contributed by atoms with Crippen molar-refractivity contribution in [2.75, 3.05) is 34.3 Å². The molecular weight excluding hydrogens is 242 g/mol. The number of aromatic nitrogens is 1. The van der Waals surface area contributed by atoms with Crippen molar-refractivity contribution in [1.29, 1.82) is 0 Å². The summed E-state index contributed by atoms with van der Waals surface area (Å²) in [6.07, 6.45) is 2.79. The number of pyridine rings is 1. The fourth-order valence-corrected chi connectivity index (χ4v) is 2.36. The molecule has 1 atom stereocenters. The van der Waals surface area contributed by atoms with Crippen LogP contribution < -0.4 is 0 Å². The normalized spacial score (nSPS) is 19.9. The third kappa shape index (κ3) is 3.52. The minimum atomic E-state index is -0.340. The number of esters is 1. The number of likely N-dealkylation sites (tertiary alicyclic amines) is 1. The number of nitrogens with zero attached hydrogens (tertiary/aromatic N) is 3. The van der Waals surface area contributed by atoms with Crippen LogP contribution in [-0.4, -0.2) is 61.1 Å². The maximum Gasteiger partial charge on any atom is 0.339 e. The smallest absolute Gasteiger partial charge is 0.339 e. The number of carbonyl (C=O) groups excluding carboxylic acids is 1. The summed E-state index contributed by atoms with van der Waals surface area (Å²) < 4.78 is 4.66. The van der Waals surface area contributed by atoms with Crippen molar-refractivity contribution in [3.8, 4) is 0 Å². The van der Waals surface area contributed by atoms with Gasteiger partial charge in [-0.2, -0.15) is 0 Å². The van der Waals surface area contributed by atoms with Crippen LogP contribution in [0.2, 0.25) is 0 Å². The Morgan fingerprint density at radius 1 is 1.53 bits per heavy atom. The molecule has 2 rings (SSSR count). The van der Waals surface area contributed by atoms with Gasteiger partial charge in [0.05, 0.1) is 18.4 Å². The summed E-state index contributed by atoms with van der Waals surface area (Å²) in [4.78, 5) is 20.3. The first-order chi connectivity index (χ1) is 9.10. The summed E-state index contributed by atoms with van der Waals surface area (Å²) in [5.41, 5.74) is 1.49. The number of rotatable bonds is 4. The molecule has 1 saturated heterocycles. The van der Waals surface area contributed by atoms with E-state index in [4.69, 9.17) is 0 Å². The highest BCUT2D eigenvalue weighted by Crippen LogP contribution is 2.15. The van der Waals surface area contributed by atoms with Gasteiger partial charge >= 0.3 is 5.97 Å². The van der Waals surface area contributed by atoms with Gasteiger partial charge in [0.1, 0.15) is 0 Å². The third-order valence-electron chi connectivity index (χ3n) is 3.61. The molecule has 1 fully saturated rings. The maximum absolute atomic E-state index is 11.3. The van der Waals surface area contributed by atoms with Gasteiger partial charge < -0.3 is 9.64 Å². The van der Waals surface area contributed by atoms with E-state index < -0.39 is 0 Å². The highest BCUT2D eigenvalue weighted by molar-refractivity contribution is 5.88. The summed E-state index contributed by atoms with van der Waals surface area (Å²) in [5, 5.41) is 0. The van der Waals surface area contributed by atoms with E-state index in [0.717, 1.165) is 25.3 Å². The standard InChI is InChI=1S/C14H21N3O2/c1-16(2)13-6-7-17(10-13)9-12-5-4-11(8-15-12)14(18)19-3/h4-5,8,13H,6-7,9-10H2,1-3H3. The number of methoxy groups -OCH3 is 1. The zero-order chi connectivity index (χ0) is 13.8. The highest BCUT2D eigenvalue weighted by Gasteiger charge is 2.23. The van der Waals surface area contributed by atoms with Crippen molar-refractivity contribution in [3.63, 3.8) is 0 Å². The molecule has 1 aliphatic rings. The number of ether oxygens (including phenoxy) is 1. The average Bonchev–Trinajstić information content (AvgIpc) is 2.87. The Morgan fingerprint density at radius 3 is 2.84 bits per heavy atom. The molecule has 0 radical (unpaired) electrons. The molecule has 104 valence electrons. The van der Waals surface area contributed by atoms with E-state index in [0.29, 0.717) is 11.6 Å². The van der Waals surface area contributed by atoms with Crippen molar-refractivity contribution >= 4 is 5.97 Å². The van der Waals surface area contributed by atoms with Crippen molar-refractivity contribution in [2.45, 2.75) is 19.0 Å². The molecule has 1 unspecified atom stereocenters. The van der Waals surface area contributed by atoms with Crippen molar-refractivity contribution < 1.29 is 9.53 Å². The monoisotopic (exact) mass is 263 g/mol. The first-order valence-corrected chi connectivity index (χ1v) is 6.52. The van der Waals surface area contributed by atoms with Crippen LogP contribution in [-0.2, 0) is 11.3 Å². The van der Waals surface area contributed by atoms with E-state index >= 15 is 0 Å². The van der Waals surface area contributed by atoms with E-state index in [1.165, 1.54) is 13.5 Å². The SMILES string of the molecule is COC(=O)c1ccc(CN2CCC(N(C)C)C2)nc1. The molecule has 0 aromatic carbocycles. The van der Waals surface area contributed by atoms with Gasteiger partial charge in [0.2, 0.25) is 0 Å². The molecule has 0 amide bonds. The Kier molecular flexibility index (Phi) is 4.50. The summed E-state index contributed by atoms with van der Waals surface area (Å²) in [6.45, 7) is 3.02. The molecule has 2 heterocycles. The Morgan fingerprint density at radius 2 is 2.32 bits per heavy atom. The fraction of sp³-hybridized carbons (Fsp3) is 0.571. The Labute approximate surface area is 114 Å². The summed E-state index contributed by atoms with van der Waals surface area (Å²) >= 11 is 0. The lowest BCUT2D eigenvalue weighted by Gasteiger charge is -2.20. The number of hydrogen-bond donors (Lipinski definition) is 0. The highest BCUT2D eigenvalue weighted by atomic mass is 16.5. The van der Waals surface area contributed by atoms with E-state index in [2.05, 4.69) is 33.6 Å². The second-order valence-corrected chi connectivity index (χ2v) is 5.17. The molecule has 1 aromatic heterocycles. The van der Waals surface area contributed by atoms with Gasteiger partial charge in [-0.25, -0.2) is 4.79 Å². The van der Waals surface area contributed by atoms with Crippen molar-refractivity contribution in [3.05, 3.63) is 29.6 Å². The first-order valence-electron chi connectivity index (χ1n) is 6.52. The molecule has 5 heteroatoms. The molecule has 0 bridgehead atoms. The van der Waals surface area contributed by atoms with Gasteiger partial charge in [0, 0.05) is 31.9 Å². The van der Waals surface area contributed by atoms with Crippen LogP contribution in [0.5, 0.6) is 0 Å². The fourth-order valence-electron chi connectivity index (χ4n) is 2.36. The molecule has 19 heavy (non-hydrogen) atoms. The predicted octanol–water partition coefficient (Wildman–Crippen LogP) is 1.00. The van der Waals surface area contributed by atoms with Gasteiger partial charge in [-0.15, -0.1) is 0 Å². The van der Waals surface area contributed by atoms with E-state index in [1.807, 2.05) is 6.07 Å². The van der Waals surface area contributed by atoms with Crippen molar-refractivity contribution in [2.24, 2.45) is 0 Å². The topological polar surface area (TPSA) is 45.7 Å². The van der Waals surface area contributed by atoms with Crippen LogP contribution in [0.15, 0.2) is 18.3 Å². The second-order valence-electron chi connectivity index (χ2n) is 5.17. The second kappa shape index (κ2) is 6.12. The molecule has 0 saturated carbocycles. The van der Waals surface area contributed by atoms with Crippen LogP contribution >= 0.6 is 0 Å². The molecule has 1 aliphatic heterocycles. The summed E-state index contributed by atoms with van der Waals surface area (Å²) in [5.74, 6) is -0.340. The van der Waals surface area contributed by atoms with Gasteiger partial charge in [0.25, 0.3) is 0 Å². The van der Waals surface area contributed by atoms with Crippen LogP contribution in [0.3, 0.4) is 0 Å². The van der Waals surface area contributed by atoms with Crippen LogP contribution in [0.1, 0.15) is 22.5 Å². The van der Waals surface area contributed by atoms with E-state index in [9.17, 15) is 4.79 Å². The van der Waals surface area contributed by atoms with Gasteiger partial charge in [-0.3, -0.25) is 9.88 Å². The predicted molar refractivity (Wildman–Crippen MR) is 72.9 cm³/mol. The lowest BCUT2D eigenvalue weighted by molar-refractivity contribution is 0.0600. The Bertz CT molecular complexity index is 431. The van der Waals surface area contributed by atoms with Gasteiger partial charge in [-0.1, -0.05) is 0 Å². The zero-order valence-corrected chi connectivity index (χ0v) is 11.8. The molecule has 5 nitrogen and oxygen atoms in total. The third-order valence-corrected chi connectivity index (χ3v) is 3.61. The summed E-state index contributed by atoms with van der Waals surface area (Å²) in [6, 6.07) is 4.30. The average molecular weight is 263 g/mol. The van der Waals surface area contributed by atoms with Crippen LogP contribution in [0.25, 0.3) is 0 Å². The van der Waals surface area contributed by atoms with E-state index in [1.54, 1.807) is 12.3 Å². The van der Waals surface area contributed by atoms with E-state index in [-0.39, 0.29) is 5.97 Å². The van der Waals surface area contributed by atoms with Crippen LogP contribution in [0, 0.1) is 0 Å². The lowest BCUT2D eigenvalue weighted by Crippen LogP contribution is -2.31. The largest absolute Gasteiger partial charge is 0.465 e. The maximum atomic E-state index is 11.3. The molecule has 1 aromatic rings. The number of carbonyl (C=O) groups is 1.